The van der Waals surface area contributed by atoms with Crippen molar-refractivity contribution < 1.29 is 14.6 Å². The van der Waals surface area contributed by atoms with Crippen molar-refractivity contribution in [3.63, 3.8) is 0 Å². The second-order valence-corrected chi connectivity index (χ2v) is 6.28. The third-order valence-corrected chi connectivity index (χ3v) is 4.64. The highest BCUT2D eigenvalue weighted by molar-refractivity contribution is 5.44. The molecular weight excluding hydrogens is 292 g/mol. The van der Waals surface area contributed by atoms with Gasteiger partial charge in [0.1, 0.15) is 0 Å². The van der Waals surface area contributed by atoms with Gasteiger partial charge in [0, 0.05) is 25.7 Å². The molecular formula is C18H30N2O3. The number of methoxy groups -OCH3 is 1. The Morgan fingerprint density at radius 1 is 1.30 bits per heavy atom. The van der Waals surface area contributed by atoms with Crippen molar-refractivity contribution in [2.45, 2.75) is 32.4 Å². The third-order valence-electron chi connectivity index (χ3n) is 4.64. The minimum Gasteiger partial charge on any atom is -0.493 e. The molecule has 1 aromatic rings. The number of hydrogen-bond donors (Lipinski definition) is 1. The van der Waals surface area contributed by atoms with Crippen molar-refractivity contribution in [3.05, 3.63) is 23.8 Å². The summed E-state index contributed by atoms with van der Waals surface area (Å²) in [6.45, 7) is 8.02. The molecule has 1 N–H and O–H groups in total. The molecule has 1 aromatic carbocycles. The Morgan fingerprint density at radius 2 is 2.09 bits per heavy atom. The normalized spacial score (nSPS) is 21.2. The van der Waals surface area contributed by atoms with E-state index in [0.29, 0.717) is 12.6 Å². The van der Waals surface area contributed by atoms with Crippen LogP contribution in [0.25, 0.3) is 0 Å². The molecule has 130 valence electrons. The van der Waals surface area contributed by atoms with Crippen molar-refractivity contribution >= 4 is 0 Å². The Kier molecular flexibility index (Phi) is 6.69. The van der Waals surface area contributed by atoms with Crippen LogP contribution in [-0.2, 0) is 0 Å². The lowest BCUT2D eigenvalue weighted by Gasteiger charge is -2.41. The predicted octanol–water partition coefficient (Wildman–Crippen LogP) is 2.15. The summed E-state index contributed by atoms with van der Waals surface area (Å²) in [6, 6.07) is 6.47. The zero-order chi connectivity index (χ0) is 16.8. The van der Waals surface area contributed by atoms with E-state index in [1.807, 2.05) is 18.2 Å². The quantitative estimate of drug-likeness (QED) is 0.833. The van der Waals surface area contributed by atoms with Gasteiger partial charge in [-0.15, -0.1) is 0 Å². The van der Waals surface area contributed by atoms with E-state index in [4.69, 9.17) is 9.47 Å². The molecule has 5 nitrogen and oxygen atoms in total. The minimum atomic E-state index is 0.000956. The van der Waals surface area contributed by atoms with Gasteiger partial charge >= 0.3 is 0 Å². The summed E-state index contributed by atoms with van der Waals surface area (Å²) in [5.41, 5.74) is 1.08. The van der Waals surface area contributed by atoms with Gasteiger partial charge in [-0.05, 0) is 38.1 Å². The molecule has 1 fully saturated rings. The fourth-order valence-electron chi connectivity index (χ4n) is 3.02. The number of nitrogens with zero attached hydrogens (tertiary/aromatic N) is 2. The highest BCUT2D eigenvalue weighted by atomic mass is 16.5. The smallest absolute Gasteiger partial charge is 0.161 e. The van der Waals surface area contributed by atoms with Crippen LogP contribution < -0.4 is 9.47 Å². The number of rotatable bonds is 7. The summed E-state index contributed by atoms with van der Waals surface area (Å²) in [5, 5.41) is 9.95. The molecule has 2 atom stereocenters. The van der Waals surface area contributed by atoms with Crippen molar-refractivity contribution in [2.75, 3.05) is 47.0 Å². The highest BCUT2D eigenvalue weighted by Crippen LogP contribution is 2.33. The van der Waals surface area contributed by atoms with E-state index in [1.54, 1.807) is 7.11 Å². The molecule has 1 heterocycles. The fourth-order valence-corrected chi connectivity index (χ4v) is 3.02. The van der Waals surface area contributed by atoms with E-state index >= 15 is 0 Å². The number of aliphatic hydroxyl groups is 1. The Hall–Kier alpha value is -1.30. The van der Waals surface area contributed by atoms with Crippen LogP contribution in [0.3, 0.4) is 0 Å². The lowest BCUT2D eigenvalue weighted by atomic mass is 10.0. The van der Waals surface area contributed by atoms with Crippen LogP contribution in [0.1, 0.15) is 31.9 Å². The first-order chi connectivity index (χ1) is 11.1. The molecule has 0 bridgehead atoms. The van der Waals surface area contributed by atoms with Crippen LogP contribution in [0.15, 0.2) is 18.2 Å². The minimum absolute atomic E-state index is 0.000956. The first-order valence-corrected chi connectivity index (χ1v) is 8.46. The van der Waals surface area contributed by atoms with E-state index in [1.165, 1.54) is 0 Å². The van der Waals surface area contributed by atoms with Crippen LogP contribution in [0.2, 0.25) is 0 Å². The summed E-state index contributed by atoms with van der Waals surface area (Å²) in [5.74, 6) is 1.50. The average Bonchev–Trinajstić information content (AvgIpc) is 2.57. The Balaban J connectivity index is 2.20. The molecule has 0 spiro atoms. The topological polar surface area (TPSA) is 45.2 Å². The van der Waals surface area contributed by atoms with Gasteiger partial charge in [0.25, 0.3) is 0 Å². The average molecular weight is 322 g/mol. The van der Waals surface area contributed by atoms with Crippen molar-refractivity contribution in [1.29, 1.82) is 0 Å². The first kappa shape index (κ1) is 18.0. The van der Waals surface area contributed by atoms with Gasteiger partial charge in [-0.25, -0.2) is 0 Å². The Bertz CT molecular complexity index is 495. The maximum atomic E-state index is 9.95. The Labute approximate surface area is 139 Å². The summed E-state index contributed by atoms with van der Waals surface area (Å²) < 4.78 is 11.2. The number of hydrogen-bond acceptors (Lipinski definition) is 5. The molecule has 1 aliphatic rings. The lowest BCUT2D eigenvalue weighted by molar-refractivity contribution is 0.0463. The number of piperazine rings is 1. The van der Waals surface area contributed by atoms with Crippen molar-refractivity contribution in [3.8, 4) is 11.5 Å². The third kappa shape index (κ3) is 4.37. The fraction of sp³-hybridized carbons (Fsp3) is 0.667. The molecule has 0 amide bonds. The van der Waals surface area contributed by atoms with E-state index in [0.717, 1.165) is 43.1 Å². The standard InChI is InChI=1S/C18H30N2O3/c1-5-10-23-18-11-15(6-7-17(18)22-4)16(13-21)20-9-8-19(3)14(2)12-20/h6-7,11,14,16,21H,5,8-10,12-13H2,1-4H3. The predicted molar refractivity (Wildman–Crippen MR) is 92.3 cm³/mol. The van der Waals surface area contributed by atoms with Crippen molar-refractivity contribution in [1.82, 2.24) is 9.80 Å². The maximum absolute atomic E-state index is 9.95. The number of benzene rings is 1. The first-order valence-electron chi connectivity index (χ1n) is 8.46. The zero-order valence-corrected chi connectivity index (χ0v) is 14.8. The number of likely N-dealkylation sites (N-methyl/N-ethyl adjacent to an activating group) is 1. The molecule has 2 rings (SSSR count). The van der Waals surface area contributed by atoms with Crippen LogP contribution in [0.4, 0.5) is 0 Å². The molecule has 1 saturated heterocycles. The van der Waals surface area contributed by atoms with E-state index < -0.39 is 0 Å². The van der Waals surface area contributed by atoms with Crippen molar-refractivity contribution in [2.24, 2.45) is 0 Å². The van der Waals surface area contributed by atoms with Gasteiger partial charge < -0.3 is 19.5 Å². The van der Waals surface area contributed by atoms with Crippen LogP contribution in [0.5, 0.6) is 11.5 Å². The second kappa shape index (κ2) is 8.52. The summed E-state index contributed by atoms with van der Waals surface area (Å²) >= 11 is 0. The molecule has 2 unspecified atom stereocenters. The van der Waals surface area contributed by atoms with Crippen LogP contribution >= 0.6 is 0 Å². The van der Waals surface area contributed by atoms with Gasteiger partial charge in [0.05, 0.1) is 26.4 Å². The van der Waals surface area contributed by atoms with Crippen LogP contribution in [0, 0.1) is 0 Å². The molecule has 0 radical (unpaired) electrons. The highest BCUT2D eigenvalue weighted by Gasteiger charge is 2.27. The number of aliphatic hydroxyl groups excluding tert-OH is 1. The zero-order valence-electron chi connectivity index (χ0n) is 14.8. The summed E-state index contributed by atoms with van der Waals surface area (Å²) in [6.07, 6.45) is 0.951. The monoisotopic (exact) mass is 322 g/mol. The number of ether oxygens (including phenoxy) is 2. The Morgan fingerprint density at radius 3 is 2.70 bits per heavy atom. The molecule has 23 heavy (non-hydrogen) atoms. The molecule has 0 saturated carbocycles. The van der Waals surface area contributed by atoms with Gasteiger partial charge in [-0.1, -0.05) is 13.0 Å². The largest absolute Gasteiger partial charge is 0.493 e. The van der Waals surface area contributed by atoms with E-state index in [-0.39, 0.29) is 12.6 Å². The SMILES string of the molecule is CCCOc1cc(C(CO)N2CCN(C)C(C)C2)ccc1OC. The van der Waals surface area contributed by atoms with E-state index in [9.17, 15) is 5.11 Å². The maximum Gasteiger partial charge on any atom is 0.161 e. The van der Waals surface area contributed by atoms with Gasteiger partial charge in [-0.3, -0.25) is 4.90 Å². The molecule has 5 heteroatoms. The second-order valence-electron chi connectivity index (χ2n) is 6.28. The van der Waals surface area contributed by atoms with Gasteiger partial charge in [0.15, 0.2) is 11.5 Å². The summed E-state index contributed by atoms with van der Waals surface area (Å²) in [4.78, 5) is 4.71. The molecule has 1 aliphatic heterocycles. The van der Waals surface area contributed by atoms with Gasteiger partial charge in [-0.2, -0.15) is 0 Å². The van der Waals surface area contributed by atoms with E-state index in [2.05, 4.69) is 30.7 Å². The van der Waals surface area contributed by atoms with Crippen LogP contribution in [-0.4, -0.2) is 68.0 Å². The molecule has 0 aromatic heterocycles. The molecule has 0 aliphatic carbocycles. The lowest BCUT2D eigenvalue weighted by Crippen LogP contribution is -2.51. The summed E-state index contributed by atoms with van der Waals surface area (Å²) in [7, 11) is 3.81. The van der Waals surface area contributed by atoms with Gasteiger partial charge in [0.2, 0.25) is 0 Å².